The summed E-state index contributed by atoms with van der Waals surface area (Å²) in [5.74, 6) is -0.868. The van der Waals surface area contributed by atoms with Crippen LogP contribution in [0.5, 0.6) is 0 Å². The fourth-order valence-electron chi connectivity index (χ4n) is 2.66. The maximum atomic E-state index is 11.0. The second kappa shape index (κ2) is 6.30. The highest BCUT2D eigenvalue weighted by molar-refractivity contribution is 9.10. The molecule has 0 bridgehead atoms. The Labute approximate surface area is 136 Å². The molecular formula is C16H16BrNO2S. The Kier molecular flexibility index (Phi) is 4.42. The minimum absolute atomic E-state index is 0.200. The predicted octanol–water partition coefficient (Wildman–Crippen LogP) is 4.08. The molecule has 1 saturated heterocycles. The van der Waals surface area contributed by atoms with E-state index in [4.69, 9.17) is 5.11 Å². The Morgan fingerprint density at radius 3 is 2.95 bits per heavy atom. The molecule has 1 fully saturated rings. The van der Waals surface area contributed by atoms with E-state index < -0.39 is 5.97 Å². The lowest BCUT2D eigenvalue weighted by Gasteiger charge is -2.13. The molecule has 0 amide bonds. The molecule has 1 aromatic carbocycles. The Balaban J connectivity index is 1.67. The van der Waals surface area contributed by atoms with Gasteiger partial charge in [0.05, 0.1) is 5.92 Å². The third kappa shape index (κ3) is 3.54. The van der Waals surface area contributed by atoms with Crippen molar-refractivity contribution in [3.8, 4) is 10.4 Å². The first-order valence-electron chi connectivity index (χ1n) is 6.91. The first kappa shape index (κ1) is 14.8. The van der Waals surface area contributed by atoms with Crippen LogP contribution in [-0.2, 0) is 11.3 Å². The van der Waals surface area contributed by atoms with Crippen molar-refractivity contribution in [3.63, 3.8) is 0 Å². The number of rotatable bonds is 4. The van der Waals surface area contributed by atoms with Crippen molar-refractivity contribution in [3.05, 3.63) is 45.7 Å². The van der Waals surface area contributed by atoms with Gasteiger partial charge in [-0.05, 0) is 42.8 Å². The standard InChI is InChI=1S/C16H16BrNO2S/c17-13-3-1-2-11(8-13)15-5-4-14(21-15)10-18-7-6-12(9-18)16(19)20/h1-5,8,12H,6-7,9-10H2,(H,19,20). The van der Waals surface area contributed by atoms with Gasteiger partial charge in [0.15, 0.2) is 0 Å². The molecule has 3 nitrogen and oxygen atoms in total. The first-order valence-corrected chi connectivity index (χ1v) is 8.52. The molecule has 0 aliphatic carbocycles. The fourth-order valence-corrected chi connectivity index (χ4v) is 4.10. The number of carbonyl (C=O) groups is 1. The minimum atomic E-state index is -0.668. The zero-order valence-electron chi connectivity index (χ0n) is 11.5. The minimum Gasteiger partial charge on any atom is -0.481 e. The summed E-state index contributed by atoms with van der Waals surface area (Å²) in [6, 6.07) is 12.6. The van der Waals surface area contributed by atoms with Gasteiger partial charge in [-0.2, -0.15) is 0 Å². The highest BCUT2D eigenvalue weighted by Crippen LogP contribution is 2.31. The van der Waals surface area contributed by atoms with Crippen LogP contribution in [0.2, 0.25) is 0 Å². The summed E-state index contributed by atoms with van der Waals surface area (Å²) in [5.41, 5.74) is 1.21. The van der Waals surface area contributed by atoms with Crippen molar-refractivity contribution in [1.29, 1.82) is 0 Å². The van der Waals surface area contributed by atoms with Crippen LogP contribution in [0.25, 0.3) is 10.4 Å². The SMILES string of the molecule is O=C(O)C1CCN(Cc2ccc(-c3cccc(Br)c3)s2)C1. The second-order valence-corrected chi connectivity index (χ2v) is 7.42. The van der Waals surface area contributed by atoms with E-state index in [9.17, 15) is 4.79 Å². The van der Waals surface area contributed by atoms with Gasteiger partial charge in [-0.15, -0.1) is 11.3 Å². The zero-order valence-corrected chi connectivity index (χ0v) is 13.9. The van der Waals surface area contributed by atoms with Crippen LogP contribution >= 0.6 is 27.3 Å². The number of halogens is 1. The van der Waals surface area contributed by atoms with Crippen molar-refractivity contribution in [2.75, 3.05) is 13.1 Å². The van der Waals surface area contributed by atoms with E-state index in [1.165, 1.54) is 15.3 Å². The summed E-state index contributed by atoms with van der Waals surface area (Å²) in [6.45, 7) is 2.39. The van der Waals surface area contributed by atoms with Gasteiger partial charge in [0.1, 0.15) is 0 Å². The lowest BCUT2D eigenvalue weighted by Crippen LogP contribution is -2.22. The molecule has 5 heteroatoms. The third-order valence-corrected chi connectivity index (χ3v) is 5.38. The van der Waals surface area contributed by atoms with Crippen molar-refractivity contribution < 1.29 is 9.90 Å². The van der Waals surface area contributed by atoms with Crippen LogP contribution < -0.4 is 0 Å². The van der Waals surface area contributed by atoms with E-state index in [1.54, 1.807) is 11.3 Å². The van der Waals surface area contributed by atoms with E-state index in [-0.39, 0.29) is 5.92 Å². The predicted molar refractivity (Wildman–Crippen MR) is 88.5 cm³/mol. The number of hydrogen-bond acceptors (Lipinski definition) is 3. The van der Waals surface area contributed by atoms with Crippen LogP contribution in [-0.4, -0.2) is 29.1 Å². The van der Waals surface area contributed by atoms with Crippen molar-refractivity contribution in [1.82, 2.24) is 4.90 Å². The number of benzene rings is 1. The number of aliphatic carboxylic acids is 1. The molecule has 1 aliphatic rings. The Morgan fingerprint density at radius 1 is 1.38 bits per heavy atom. The zero-order chi connectivity index (χ0) is 14.8. The molecule has 110 valence electrons. The lowest BCUT2D eigenvalue weighted by molar-refractivity contribution is -0.141. The quantitative estimate of drug-likeness (QED) is 0.886. The Bertz CT molecular complexity index is 655. The van der Waals surface area contributed by atoms with Gasteiger partial charge in [-0.1, -0.05) is 28.1 Å². The van der Waals surface area contributed by atoms with Crippen molar-refractivity contribution in [2.24, 2.45) is 5.92 Å². The van der Waals surface area contributed by atoms with Crippen LogP contribution in [0.4, 0.5) is 0 Å². The van der Waals surface area contributed by atoms with E-state index in [1.807, 2.05) is 12.1 Å². The van der Waals surface area contributed by atoms with E-state index in [0.29, 0.717) is 6.54 Å². The summed E-state index contributed by atoms with van der Waals surface area (Å²) < 4.78 is 1.08. The number of carboxylic acids is 1. The molecule has 0 radical (unpaired) electrons. The second-order valence-electron chi connectivity index (χ2n) is 5.34. The molecule has 0 saturated carbocycles. The van der Waals surface area contributed by atoms with Gasteiger partial charge in [0.2, 0.25) is 0 Å². The summed E-state index contributed by atoms with van der Waals surface area (Å²) >= 11 is 5.28. The number of hydrogen-bond donors (Lipinski definition) is 1. The summed E-state index contributed by atoms with van der Waals surface area (Å²) in [6.07, 6.45) is 0.763. The summed E-state index contributed by atoms with van der Waals surface area (Å²) in [7, 11) is 0. The third-order valence-electron chi connectivity index (χ3n) is 3.77. The van der Waals surface area contributed by atoms with E-state index in [2.05, 4.69) is 45.1 Å². The van der Waals surface area contributed by atoms with Crippen LogP contribution in [0.15, 0.2) is 40.9 Å². The number of thiophene rings is 1. The normalized spacial score (nSPS) is 19.0. The molecule has 1 atom stereocenters. The molecule has 1 aromatic heterocycles. The molecule has 1 aliphatic heterocycles. The number of carboxylic acid groups (broad SMARTS) is 1. The first-order chi connectivity index (χ1) is 10.1. The monoisotopic (exact) mass is 365 g/mol. The van der Waals surface area contributed by atoms with Crippen molar-refractivity contribution >= 4 is 33.2 Å². The average Bonchev–Trinajstić information content (AvgIpc) is 3.08. The van der Waals surface area contributed by atoms with Gasteiger partial charge in [-0.25, -0.2) is 0 Å². The van der Waals surface area contributed by atoms with Gasteiger partial charge in [-0.3, -0.25) is 9.69 Å². The number of likely N-dealkylation sites (tertiary alicyclic amines) is 1. The Morgan fingerprint density at radius 2 is 2.24 bits per heavy atom. The average molecular weight is 366 g/mol. The fraction of sp³-hybridized carbons (Fsp3) is 0.312. The maximum absolute atomic E-state index is 11.0. The molecule has 21 heavy (non-hydrogen) atoms. The molecule has 2 aromatic rings. The summed E-state index contributed by atoms with van der Waals surface area (Å²) in [5, 5.41) is 9.05. The molecule has 3 rings (SSSR count). The maximum Gasteiger partial charge on any atom is 0.307 e. The van der Waals surface area contributed by atoms with Gasteiger partial charge in [0.25, 0.3) is 0 Å². The Hall–Kier alpha value is -1.17. The molecule has 2 heterocycles. The van der Waals surface area contributed by atoms with Gasteiger partial charge < -0.3 is 5.11 Å². The van der Waals surface area contributed by atoms with Crippen molar-refractivity contribution in [2.45, 2.75) is 13.0 Å². The van der Waals surface area contributed by atoms with E-state index in [0.717, 1.165) is 24.0 Å². The van der Waals surface area contributed by atoms with E-state index >= 15 is 0 Å². The van der Waals surface area contributed by atoms with Crippen LogP contribution in [0, 0.1) is 5.92 Å². The smallest absolute Gasteiger partial charge is 0.307 e. The highest BCUT2D eigenvalue weighted by Gasteiger charge is 2.27. The number of nitrogens with zero attached hydrogens (tertiary/aromatic N) is 1. The molecule has 1 unspecified atom stereocenters. The van der Waals surface area contributed by atoms with Crippen LogP contribution in [0.1, 0.15) is 11.3 Å². The lowest BCUT2D eigenvalue weighted by atomic mass is 10.1. The van der Waals surface area contributed by atoms with Gasteiger partial charge >= 0.3 is 5.97 Å². The van der Waals surface area contributed by atoms with Gasteiger partial charge in [0, 0.05) is 27.3 Å². The topological polar surface area (TPSA) is 40.5 Å². The molecule has 1 N–H and O–H groups in total. The molecular weight excluding hydrogens is 350 g/mol. The molecule has 0 spiro atoms. The highest BCUT2D eigenvalue weighted by atomic mass is 79.9. The summed E-state index contributed by atoms with van der Waals surface area (Å²) in [4.78, 5) is 15.8. The van der Waals surface area contributed by atoms with Crippen LogP contribution in [0.3, 0.4) is 0 Å². The largest absolute Gasteiger partial charge is 0.481 e.